The SMILES string of the molecule is O=C1CN(C(=O)c2cccc(OCc3cscn3)c2)c2ccccc2N1. The van der Waals surface area contributed by atoms with Gasteiger partial charge >= 0.3 is 0 Å². The second-order valence-corrected chi connectivity index (χ2v) is 6.47. The Balaban J connectivity index is 1.57. The second kappa shape index (κ2) is 6.97. The Morgan fingerprint density at radius 1 is 1.23 bits per heavy atom. The van der Waals surface area contributed by atoms with E-state index in [-0.39, 0.29) is 18.4 Å². The maximum atomic E-state index is 13.0. The van der Waals surface area contributed by atoms with E-state index in [2.05, 4.69) is 10.3 Å². The molecule has 6 nitrogen and oxygen atoms in total. The second-order valence-electron chi connectivity index (χ2n) is 5.75. The summed E-state index contributed by atoms with van der Waals surface area (Å²) in [6.07, 6.45) is 0. The standard InChI is InChI=1S/C19H15N3O3S/c23-18-9-22(17-7-2-1-6-16(17)21-18)19(24)13-4-3-5-15(8-13)25-10-14-11-26-12-20-14/h1-8,11-12H,9-10H2,(H,21,23). The van der Waals surface area contributed by atoms with Gasteiger partial charge in [0.15, 0.2) is 0 Å². The van der Waals surface area contributed by atoms with Crippen LogP contribution >= 0.6 is 11.3 Å². The fourth-order valence-electron chi connectivity index (χ4n) is 2.76. The van der Waals surface area contributed by atoms with Crippen LogP contribution in [0.25, 0.3) is 0 Å². The lowest BCUT2D eigenvalue weighted by Gasteiger charge is -2.29. The third-order valence-corrected chi connectivity index (χ3v) is 4.60. The van der Waals surface area contributed by atoms with Gasteiger partial charge in [-0.1, -0.05) is 18.2 Å². The molecule has 0 aliphatic carbocycles. The fourth-order valence-corrected chi connectivity index (χ4v) is 3.30. The molecule has 3 aromatic rings. The number of carbonyl (C=O) groups is 2. The number of amides is 2. The molecule has 1 aliphatic heterocycles. The van der Waals surface area contributed by atoms with E-state index in [0.29, 0.717) is 29.3 Å². The number of benzene rings is 2. The summed E-state index contributed by atoms with van der Waals surface area (Å²) in [7, 11) is 0. The Morgan fingerprint density at radius 3 is 2.96 bits per heavy atom. The van der Waals surface area contributed by atoms with Gasteiger partial charge in [0, 0.05) is 10.9 Å². The van der Waals surface area contributed by atoms with Crippen molar-refractivity contribution in [2.75, 3.05) is 16.8 Å². The molecule has 2 aromatic carbocycles. The number of hydrogen-bond donors (Lipinski definition) is 1. The van der Waals surface area contributed by atoms with E-state index >= 15 is 0 Å². The molecule has 0 saturated heterocycles. The molecule has 4 rings (SSSR count). The van der Waals surface area contributed by atoms with Gasteiger partial charge in [0.1, 0.15) is 18.9 Å². The van der Waals surface area contributed by atoms with Gasteiger partial charge in [-0.15, -0.1) is 11.3 Å². The summed E-state index contributed by atoms with van der Waals surface area (Å²) in [6.45, 7) is 0.329. The molecular weight excluding hydrogens is 350 g/mol. The first-order valence-electron chi connectivity index (χ1n) is 8.01. The molecule has 1 aromatic heterocycles. The van der Waals surface area contributed by atoms with Crippen molar-refractivity contribution in [1.29, 1.82) is 0 Å². The Morgan fingerprint density at radius 2 is 2.12 bits per heavy atom. The summed E-state index contributed by atoms with van der Waals surface area (Å²) in [5.74, 6) is 0.123. The third-order valence-electron chi connectivity index (χ3n) is 3.97. The first-order valence-corrected chi connectivity index (χ1v) is 8.96. The maximum absolute atomic E-state index is 13.0. The Labute approximate surface area is 154 Å². The molecule has 0 unspecified atom stereocenters. The van der Waals surface area contributed by atoms with E-state index in [1.165, 1.54) is 16.2 Å². The topological polar surface area (TPSA) is 71.5 Å². The van der Waals surface area contributed by atoms with Crippen LogP contribution in [0, 0.1) is 0 Å². The van der Waals surface area contributed by atoms with Crippen molar-refractivity contribution in [1.82, 2.24) is 4.98 Å². The Kier molecular flexibility index (Phi) is 4.37. The molecule has 2 heterocycles. The quantitative estimate of drug-likeness (QED) is 0.770. The number of rotatable bonds is 4. The average molecular weight is 365 g/mol. The fraction of sp³-hybridized carbons (Fsp3) is 0.105. The minimum Gasteiger partial charge on any atom is -0.487 e. The normalized spacial score (nSPS) is 13.1. The highest BCUT2D eigenvalue weighted by atomic mass is 32.1. The zero-order valence-corrected chi connectivity index (χ0v) is 14.5. The van der Waals surface area contributed by atoms with Crippen LogP contribution in [0.1, 0.15) is 16.1 Å². The zero-order chi connectivity index (χ0) is 17.9. The maximum Gasteiger partial charge on any atom is 0.258 e. The molecule has 0 fully saturated rings. The predicted molar refractivity (Wildman–Crippen MR) is 99.6 cm³/mol. The van der Waals surface area contributed by atoms with Crippen LogP contribution in [-0.4, -0.2) is 23.3 Å². The van der Waals surface area contributed by atoms with E-state index < -0.39 is 0 Å². The molecule has 0 atom stereocenters. The Bertz CT molecular complexity index is 956. The summed E-state index contributed by atoms with van der Waals surface area (Å²) in [5.41, 5.74) is 4.37. The summed E-state index contributed by atoms with van der Waals surface area (Å²) in [5, 5.41) is 4.69. The smallest absolute Gasteiger partial charge is 0.258 e. The van der Waals surface area contributed by atoms with E-state index in [1.54, 1.807) is 35.8 Å². The molecule has 0 spiro atoms. The number of carbonyl (C=O) groups excluding carboxylic acids is 2. The van der Waals surface area contributed by atoms with Gasteiger partial charge in [-0.05, 0) is 30.3 Å². The lowest BCUT2D eigenvalue weighted by Crippen LogP contribution is -2.42. The van der Waals surface area contributed by atoms with Gasteiger partial charge in [0.25, 0.3) is 5.91 Å². The van der Waals surface area contributed by atoms with E-state index in [0.717, 1.165) is 5.69 Å². The number of nitrogens with zero attached hydrogens (tertiary/aromatic N) is 2. The minimum absolute atomic E-state index is 0.0141. The van der Waals surface area contributed by atoms with Crippen LogP contribution in [0.3, 0.4) is 0 Å². The highest BCUT2D eigenvalue weighted by Crippen LogP contribution is 2.30. The van der Waals surface area contributed by atoms with Gasteiger partial charge in [-0.2, -0.15) is 0 Å². The van der Waals surface area contributed by atoms with Crippen molar-refractivity contribution in [3.8, 4) is 5.75 Å². The lowest BCUT2D eigenvalue weighted by molar-refractivity contribution is -0.115. The average Bonchev–Trinajstić information content (AvgIpc) is 3.19. The van der Waals surface area contributed by atoms with Crippen LogP contribution in [0.15, 0.2) is 59.4 Å². The number of nitrogens with one attached hydrogen (secondary N) is 1. The van der Waals surface area contributed by atoms with Crippen molar-refractivity contribution in [3.63, 3.8) is 0 Å². The number of para-hydroxylation sites is 2. The zero-order valence-electron chi connectivity index (χ0n) is 13.7. The molecule has 0 bridgehead atoms. The first-order chi connectivity index (χ1) is 12.7. The number of fused-ring (bicyclic) bond motifs is 1. The van der Waals surface area contributed by atoms with Crippen LogP contribution in [-0.2, 0) is 11.4 Å². The van der Waals surface area contributed by atoms with Crippen LogP contribution < -0.4 is 15.0 Å². The molecule has 130 valence electrons. The van der Waals surface area contributed by atoms with Crippen molar-refractivity contribution >= 4 is 34.5 Å². The summed E-state index contributed by atoms with van der Waals surface area (Å²) in [6, 6.07) is 14.2. The van der Waals surface area contributed by atoms with Gasteiger partial charge in [0.2, 0.25) is 5.91 Å². The Hall–Kier alpha value is -3.19. The summed E-state index contributed by atoms with van der Waals surface area (Å²) >= 11 is 1.51. The van der Waals surface area contributed by atoms with Crippen molar-refractivity contribution in [2.45, 2.75) is 6.61 Å². The molecular formula is C19H15N3O3S. The molecule has 2 amide bonds. The highest BCUT2D eigenvalue weighted by molar-refractivity contribution is 7.07. The van der Waals surface area contributed by atoms with E-state index in [9.17, 15) is 9.59 Å². The van der Waals surface area contributed by atoms with Gasteiger partial charge in [0.05, 0.1) is 22.6 Å². The largest absolute Gasteiger partial charge is 0.487 e. The number of aromatic nitrogens is 1. The lowest BCUT2D eigenvalue weighted by atomic mass is 10.1. The molecule has 26 heavy (non-hydrogen) atoms. The summed E-state index contributed by atoms with van der Waals surface area (Å²) < 4.78 is 5.71. The van der Waals surface area contributed by atoms with Gasteiger partial charge in [-0.3, -0.25) is 14.5 Å². The highest BCUT2D eigenvalue weighted by Gasteiger charge is 2.27. The van der Waals surface area contributed by atoms with Crippen molar-refractivity contribution < 1.29 is 14.3 Å². The monoisotopic (exact) mass is 365 g/mol. The van der Waals surface area contributed by atoms with Crippen LogP contribution in [0.2, 0.25) is 0 Å². The number of ether oxygens (including phenoxy) is 1. The van der Waals surface area contributed by atoms with Crippen molar-refractivity contribution in [3.05, 3.63) is 70.7 Å². The molecule has 7 heteroatoms. The third kappa shape index (κ3) is 3.29. The molecule has 1 N–H and O–H groups in total. The predicted octanol–water partition coefficient (Wildman–Crippen LogP) is 3.32. The van der Waals surface area contributed by atoms with Crippen molar-refractivity contribution in [2.24, 2.45) is 0 Å². The molecule has 1 aliphatic rings. The minimum atomic E-state index is -0.244. The van der Waals surface area contributed by atoms with Gasteiger partial charge in [-0.25, -0.2) is 4.98 Å². The number of thiazole rings is 1. The van der Waals surface area contributed by atoms with Crippen LogP contribution in [0.5, 0.6) is 5.75 Å². The first kappa shape index (κ1) is 16.3. The summed E-state index contributed by atoms with van der Waals surface area (Å²) in [4.78, 5) is 30.6. The van der Waals surface area contributed by atoms with Gasteiger partial charge < -0.3 is 10.1 Å². The molecule has 0 saturated carbocycles. The number of hydrogen-bond acceptors (Lipinski definition) is 5. The van der Waals surface area contributed by atoms with E-state index in [4.69, 9.17) is 4.74 Å². The molecule has 0 radical (unpaired) electrons. The van der Waals surface area contributed by atoms with E-state index in [1.807, 2.05) is 23.6 Å². The number of anilines is 2. The van der Waals surface area contributed by atoms with Crippen LogP contribution in [0.4, 0.5) is 11.4 Å².